The third-order valence-corrected chi connectivity index (χ3v) is 3.42. The maximum Gasteiger partial charge on any atom is 0.167 e. The Hall–Kier alpha value is -2.69. The summed E-state index contributed by atoms with van der Waals surface area (Å²) in [5.74, 6) is 0.845. The Morgan fingerprint density at radius 2 is 2.05 bits per heavy atom. The molecule has 1 aromatic carbocycles. The van der Waals surface area contributed by atoms with Gasteiger partial charge in [-0.05, 0) is 18.1 Å². The molecule has 0 radical (unpaired) electrons. The van der Waals surface area contributed by atoms with Crippen LogP contribution in [0.3, 0.4) is 0 Å². The lowest BCUT2D eigenvalue weighted by Crippen LogP contribution is -2.03. The second kappa shape index (κ2) is 6.85. The second-order valence-corrected chi connectivity index (χ2v) is 5.06. The molecule has 112 valence electrons. The number of anilines is 1. The lowest BCUT2D eigenvalue weighted by Gasteiger charge is -2.04. The first-order chi connectivity index (χ1) is 10.9. The molecule has 0 atom stereocenters. The van der Waals surface area contributed by atoms with Crippen LogP contribution in [0.5, 0.6) is 0 Å². The minimum absolute atomic E-state index is 0.807. The quantitative estimate of drug-likeness (QED) is 0.705. The molecule has 0 bridgehead atoms. The summed E-state index contributed by atoms with van der Waals surface area (Å²) in [4.78, 5) is 8.65. The Kier molecular flexibility index (Phi) is 4.44. The first-order valence-corrected chi connectivity index (χ1v) is 7.54. The average molecular weight is 293 g/mol. The van der Waals surface area contributed by atoms with Gasteiger partial charge in [0.2, 0.25) is 0 Å². The van der Waals surface area contributed by atoms with E-state index in [1.165, 1.54) is 0 Å². The summed E-state index contributed by atoms with van der Waals surface area (Å²) in [6.07, 6.45) is 9.58. The molecular formula is C17H19N5. The van der Waals surface area contributed by atoms with Crippen LogP contribution in [0.2, 0.25) is 0 Å². The van der Waals surface area contributed by atoms with E-state index in [2.05, 4.69) is 39.4 Å². The number of unbranched alkanes of at least 4 members (excludes halogenated alkanes) is 1. The third kappa shape index (κ3) is 3.14. The highest BCUT2D eigenvalue weighted by Gasteiger charge is 2.07. The first kappa shape index (κ1) is 14.3. The molecular weight excluding hydrogens is 274 g/mol. The van der Waals surface area contributed by atoms with Crippen LogP contribution in [0.15, 0.2) is 42.9 Å². The summed E-state index contributed by atoms with van der Waals surface area (Å²) >= 11 is 0. The highest BCUT2D eigenvalue weighted by atomic mass is 15.3. The fraction of sp³-hybridized carbons (Fsp3) is 0.235. The highest BCUT2D eigenvalue weighted by Crippen LogP contribution is 2.19. The van der Waals surface area contributed by atoms with Crippen molar-refractivity contribution in [1.29, 1.82) is 0 Å². The van der Waals surface area contributed by atoms with Crippen molar-refractivity contribution < 1.29 is 0 Å². The van der Waals surface area contributed by atoms with Gasteiger partial charge in [0.05, 0.1) is 11.6 Å². The topological polar surface area (TPSA) is 55.6 Å². The first-order valence-electron chi connectivity index (χ1n) is 7.54. The van der Waals surface area contributed by atoms with E-state index in [1.807, 2.05) is 30.5 Å². The molecule has 0 aliphatic carbocycles. The van der Waals surface area contributed by atoms with Crippen molar-refractivity contribution in [2.24, 2.45) is 0 Å². The summed E-state index contributed by atoms with van der Waals surface area (Å²) in [5.41, 5.74) is 1.93. The zero-order valence-corrected chi connectivity index (χ0v) is 12.6. The Bertz CT molecular complexity index is 761. The number of hydrogen-bond donors (Lipinski definition) is 1. The molecule has 0 spiro atoms. The smallest absolute Gasteiger partial charge is 0.167 e. The van der Waals surface area contributed by atoms with Gasteiger partial charge in [-0.15, -0.1) is 0 Å². The molecule has 0 amide bonds. The molecule has 0 unspecified atom stereocenters. The van der Waals surface area contributed by atoms with Crippen LogP contribution in [-0.2, 0) is 0 Å². The van der Waals surface area contributed by atoms with Crippen LogP contribution in [0.25, 0.3) is 23.3 Å². The van der Waals surface area contributed by atoms with Crippen LogP contribution >= 0.6 is 0 Å². The number of nitrogens with zero attached hydrogens (tertiary/aromatic N) is 4. The van der Waals surface area contributed by atoms with E-state index >= 15 is 0 Å². The van der Waals surface area contributed by atoms with Gasteiger partial charge < -0.3 is 5.32 Å². The standard InChI is InChI=1S/C17H19N5/c1-2-3-10-18-16-15-12-21-22(17(15)20-13-19-16)11-9-14-7-5-4-6-8-14/h4-9,11-13H,2-3,10H2,1H3,(H,18,19,20)/b11-9-. The fourth-order valence-electron chi connectivity index (χ4n) is 2.22. The van der Waals surface area contributed by atoms with Gasteiger partial charge in [-0.2, -0.15) is 5.10 Å². The van der Waals surface area contributed by atoms with E-state index in [9.17, 15) is 0 Å². The number of fused-ring (bicyclic) bond motifs is 1. The van der Waals surface area contributed by atoms with Crippen molar-refractivity contribution in [3.8, 4) is 0 Å². The zero-order valence-electron chi connectivity index (χ0n) is 12.6. The van der Waals surface area contributed by atoms with E-state index in [0.717, 1.165) is 41.8 Å². The fourth-order valence-corrected chi connectivity index (χ4v) is 2.22. The van der Waals surface area contributed by atoms with Crippen molar-refractivity contribution >= 4 is 29.1 Å². The van der Waals surface area contributed by atoms with Gasteiger partial charge in [0.1, 0.15) is 12.1 Å². The molecule has 5 nitrogen and oxygen atoms in total. The molecule has 2 heterocycles. The number of benzene rings is 1. The van der Waals surface area contributed by atoms with Crippen LogP contribution in [0.1, 0.15) is 25.3 Å². The van der Waals surface area contributed by atoms with Crippen LogP contribution in [-0.4, -0.2) is 26.3 Å². The van der Waals surface area contributed by atoms with Gasteiger partial charge in [0.15, 0.2) is 5.65 Å². The van der Waals surface area contributed by atoms with Crippen LogP contribution in [0, 0.1) is 0 Å². The Labute approximate surface area is 129 Å². The van der Waals surface area contributed by atoms with Crippen molar-refractivity contribution in [2.75, 3.05) is 11.9 Å². The number of nitrogens with one attached hydrogen (secondary N) is 1. The minimum Gasteiger partial charge on any atom is -0.369 e. The summed E-state index contributed by atoms with van der Waals surface area (Å²) in [7, 11) is 0. The highest BCUT2D eigenvalue weighted by molar-refractivity contribution is 5.87. The Morgan fingerprint density at radius 3 is 2.86 bits per heavy atom. The maximum absolute atomic E-state index is 4.39. The Morgan fingerprint density at radius 1 is 1.18 bits per heavy atom. The van der Waals surface area contributed by atoms with Gasteiger partial charge in [0.25, 0.3) is 0 Å². The van der Waals surface area contributed by atoms with Crippen molar-refractivity contribution in [2.45, 2.75) is 19.8 Å². The predicted molar refractivity (Wildman–Crippen MR) is 90.4 cm³/mol. The van der Waals surface area contributed by atoms with Crippen LogP contribution in [0.4, 0.5) is 5.82 Å². The zero-order chi connectivity index (χ0) is 15.2. The molecule has 0 saturated carbocycles. The maximum atomic E-state index is 4.39. The molecule has 0 saturated heterocycles. The van der Waals surface area contributed by atoms with Gasteiger partial charge >= 0.3 is 0 Å². The molecule has 1 N–H and O–H groups in total. The summed E-state index contributed by atoms with van der Waals surface area (Å²) in [6, 6.07) is 10.1. The summed E-state index contributed by atoms with van der Waals surface area (Å²) in [6.45, 7) is 3.08. The molecule has 2 aromatic heterocycles. The SMILES string of the molecule is CCCCNc1ncnc2c1cnn2/C=C\c1ccccc1. The molecule has 0 fully saturated rings. The third-order valence-electron chi connectivity index (χ3n) is 3.42. The van der Waals surface area contributed by atoms with Crippen molar-refractivity contribution in [3.05, 3.63) is 48.4 Å². The normalized spacial score (nSPS) is 11.3. The summed E-state index contributed by atoms with van der Waals surface area (Å²) < 4.78 is 1.77. The predicted octanol–water partition coefficient (Wildman–Crippen LogP) is 3.67. The van der Waals surface area contributed by atoms with Crippen molar-refractivity contribution in [1.82, 2.24) is 19.7 Å². The second-order valence-electron chi connectivity index (χ2n) is 5.06. The largest absolute Gasteiger partial charge is 0.369 e. The van der Waals surface area contributed by atoms with Crippen LogP contribution < -0.4 is 5.32 Å². The minimum atomic E-state index is 0.807. The number of aromatic nitrogens is 4. The molecule has 0 aliphatic rings. The molecule has 3 rings (SSSR count). The van der Waals surface area contributed by atoms with Gasteiger partial charge in [-0.1, -0.05) is 43.7 Å². The average Bonchev–Trinajstić information content (AvgIpc) is 2.98. The lowest BCUT2D eigenvalue weighted by molar-refractivity contribution is 0.831. The molecule has 0 aliphatic heterocycles. The molecule has 22 heavy (non-hydrogen) atoms. The lowest BCUT2D eigenvalue weighted by atomic mass is 10.2. The Balaban J connectivity index is 1.86. The van der Waals surface area contributed by atoms with E-state index in [0.29, 0.717) is 0 Å². The molecule has 5 heteroatoms. The van der Waals surface area contributed by atoms with Gasteiger partial charge in [-0.3, -0.25) is 0 Å². The van der Waals surface area contributed by atoms with E-state index in [1.54, 1.807) is 17.2 Å². The van der Waals surface area contributed by atoms with E-state index < -0.39 is 0 Å². The molecule has 3 aromatic rings. The van der Waals surface area contributed by atoms with Crippen molar-refractivity contribution in [3.63, 3.8) is 0 Å². The van der Waals surface area contributed by atoms with E-state index in [-0.39, 0.29) is 0 Å². The van der Waals surface area contributed by atoms with Gasteiger partial charge in [0, 0.05) is 12.7 Å². The summed E-state index contributed by atoms with van der Waals surface area (Å²) in [5, 5.41) is 8.67. The monoisotopic (exact) mass is 293 g/mol. The van der Waals surface area contributed by atoms with Gasteiger partial charge in [-0.25, -0.2) is 14.6 Å². The van der Waals surface area contributed by atoms with E-state index in [4.69, 9.17) is 0 Å². The number of hydrogen-bond acceptors (Lipinski definition) is 4. The number of rotatable bonds is 6.